The van der Waals surface area contributed by atoms with Crippen molar-refractivity contribution in [2.75, 3.05) is 13.7 Å². The summed E-state index contributed by atoms with van der Waals surface area (Å²) in [6.07, 6.45) is 14.0. The van der Waals surface area contributed by atoms with Crippen molar-refractivity contribution >= 4 is 5.71 Å². The van der Waals surface area contributed by atoms with Gasteiger partial charge in [-0.1, -0.05) is 56.3 Å². The number of hydrogen-bond acceptors (Lipinski definition) is 4. The standard InChI is InChI=1S/C30H37NO3/c1-29-15-13-22(32-3)17-21(29)9-10-23-24-11-12-26(30(24,2)16-14-25(23)29)27-19-34-28(31-27)33-18-20-7-5-4-6-8-20/h4-9,12,17,23-25,28H,10-11,13-16,18-19H2,1-3H3/t23-,24-,25-,28?,29-,30-/m0/s1. The first kappa shape index (κ1) is 22.3. The molecule has 180 valence electrons. The van der Waals surface area contributed by atoms with Crippen molar-refractivity contribution in [1.82, 2.24) is 0 Å². The van der Waals surface area contributed by atoms with Gasteiger partial charge in [-0.3, -0.25) is 0 Å². The minimum atomic E-state index is -0.488. The molecule has 1 saturated carbocycles. The first-order chi connectivity index (χ1) is 16.5. The second-order valence-corrected chi connectivity index (χ2v) is 11.3. The van der Waals surface area contributed by atoms with Gasteiger partial charge in [-0.05, 0) is 83.5 Å². The second-order valence-electron chi connectivity index (χ2n) is 11.3. The number of benzene rings is 1. The fourth-order valence-electron chi connectivity index (χ4n) is 7.80. The molecule has 0 N–H and O–H groups in total. The molecule has 1 aromatic rings. The number of aliphatic imine (C=N–C) groups is 1. The third kappa shape index (κ3) is 3.53. The van der Waals surface area contributed by atoms with Crippen LogP contribution >= 0.6 is 0 Å². The minimum Gasteiger partial charge on any atom is -0.501 e. The van der Waals surface area contributed by atoms with Crippen LogP contribution in [0.15, 0.2) is 70.5 Å². The van der Waals surface area contributed by atoms with Gasteiger partial charge >= 0.3 is 0 Å². The van der Waals surface area contributed by atoms with E-state index < -0.39 is 6.41 Å². The average molecular weight is 460 g/mol. The summed E-state index contributed by atoms with van der Waals surface area (Å²) < 4.78 is 17.5. The fourth-order valence-corrected chi connectivity index (χ4v) is 7.80. The van der Waals surface area contributed by atoms with Crippen LogP contribution in [0.2, 0.25) is 0 Å². The van der Waals surface area contributed by atoms with E-state index in [0.29, 0.717) is 24.5 Å². The second kappa shape index (κ2) is 8.49. The molecule has 1 fully saturated rings. The summed E-state index contributed by atoms with van der Waals surface area (Å²) in [5.74, 6) is 3.34. The third-order valence-electron chi connectivity index (χ3n) is 9.75. The highest BCUT2D eigenvalue weighted by Crippen LogP contribution is 2.64. The Morgan fingerprint density at radius 3 is 2.71 bits per heavy atom. The summed E-state index contributed by atoms with van der Waals surface area (Å²) in [5.41, 5.74) is 5.71. The van der Waals surface area contributed by atoms with E-state index in [0.717, 1.165) is 35.3 Å². The molecule has 1 unspecified atom stereocenters. The first-order valence-corrected chi connectivity index (χ1v) is 13.0. The Morgan fingerprint density at radius 1 is 1.03 bits per heavy atom. The maximum absolute atomic E-state index is 5.96. The van der Waals surface area contributed by atoms with Crippen molar-refractivity contribution in [2.45, 2.75) is 65.4 Å². The Labute approximate surface area is 203 Å². The maximum Gasteiger partial charge on any atom is 0.259 e. The molecule has 6 rings (SSSR count). The molecule has 4 aliphatic carbocycles. The van der Waals surface area contributed by atoms with Crippen LogP contribution < -0.4 is 0 Å². The van der Waals surface area contributed by atoms with E-state index in [1.807, 2.05) is 25.3 Å². The first-order valence-electron chi connectivity index (χ1n) is 13.0. The van der Waals surface area contributed by atoms with Crippen molar-refractivity contribution < 1.29 is 14.2 Å². The molecule has 0 spiro atoms. The van der Waals surface area contributed by atoms with Crippen LogP contribution in [0.25, 0.3) is 0 Å². The van der Waals surface area contributed by atoms with Crippen molar-refractivity contribution in [2.24, 2.45) is 33.6 Å². The summed E-state index contributed by atoms with van der Waals surface area (Å²) in [6, 6.07) is 10.2. The maximum atomic E-state index is 5.96. The van der Waals surface area contributed by atoms with Gasteiger partial charge < -0.3 is 14.2 Å². The van der Waals surface area contributed by atoms with Crippen molar-refractivity contribution in [3.63, 3.8) is 0 Å². The molecule has 34 heavy (non-hydrogen) atoms. The Balaban J connectivity index is 1.18. The van der Waals surface area contributed by atoms with Gasteiger partial charge in [0.2, 0.25) is 0 Å². The Kier molecular flexibility index (Phi) is 5.57. The van der Waals surface area contributed by atoms with Crippen LogP contribution in [0.3, 0.4) is 0 Å². The summed E-state index contributed by atoms with van der Waals surface area (Å²) in [5, 5.41) is 0. The van der Waals surface area contributed by atoms with Crippen LogP contribution in [0, 0.1) is 28.6 Å². The minimum absolute atomic E-state index is 0.196. The van der Waals surface area contributed by atoms with Crippen molar-refractivity contribution in [1.29, 1.82) is 0 Å². The molecule has 4 nitrogen and oxygen atoms in total. The lowest BCUT2D eigenvalue weighted by Crippen LogP contribution is -2.49. The lowest BCUT2D eigenvalue weighted by atomic mass is 9.48. The monoisotopic (exact) mass is 459 g/mol. The molecule has 1 heterocycles. The molecule has 0 radical (unpaired) electrons. The molecule has 1 aromatic carbocycles. The highest BCUT2D eigenvalue weighted by atomic mass is 16.7. The van der Waals surface area contributed by atoms with E-state index in [9.17, 15) is 0 Å². The van der Waals surface area contributed by atoms with Crippen LogP contribution in [0.4, 0.5) is 0 Å². The summed E-state index contributed by atoms with van der Waals surface area (Å²) in [6.45, 7) is 6.11. The lowest BCUT2D eigenvalue weighted by Gasteiger charge is -2.56. The number of allylic oxidation sites excluding steroid dienone is 5. The zero-order valence-corrected chi connectivity index (χ0v) is 20.8. The molecular weight excluding hydrogens is 422 g/mol. The quantitative estimate of drug-likeness (QED) is 0.498. The topological polar surface area (TPSA) is 40.0 Å². The molecule has 0 bridgehead atoms. The van der Waals surface area contributed by atoms with Gasteiger partial charge in [0.15, 0.2) is 0 Å². The van der Waals surface area contributed by atoms with Gasteiger partial charge in [0, 0.05) is 6.42 Å². The van der Waals surface area contributed by atoms with Crippen molar-refractivity contribution in [3.05, 3.63) is 71.0 Å². The van der Waals surface area contributed by atoms with Gasteiger partial charge in [-0.25, -0.2) is 4.99 Å². The van der Waals surface area contributed by atoms with E-state index in [1.54, 1.807) is 0 Å². The van der Waals surface area contributed by atoms with E-state index in [4.69, 9.17) is 19.2 Å². The molecule has 0 saturated heterocycles. The molecular formula is C30H37NO3. The van der Waals surface area contributed by atoms with Gasteiger partial charge in [0.1, 0.15) is 0 Å². The van der Waals surface area contributed by atoms with E-state index in [1.165, 1.54) is 43.3 Å². The zero-order valence-electron chi connectivity index (χ0n) is 20.8. The predicted molar refractivity (Wildman–Crippen MR) is 134 cm³/mol. The summed E-state index contributed by atoms with van der Waals surface area (Å²) in [4.78, 5) is 4.89. The molecule has 6 atom stereocenters. The fraction of sp³-hybridized carbons (Fsp3) is 0.567. The number of methoxy groups -OCH3 is 1. The van der Waals surface area contributed by atoms with E-state index in [-0.39, 0.29) is 5.41 Å². The van der Waals surface area contributed by atoms with E-state index in [2.05, 4.69) is 44.2 Å². The molecule has 0 aromatic heterocycles. The molecule has 0 amide bonds. The number of nitrogens with zero attached hydrogens (tertiary/aromatic N) is 1. The SMILES string of the molecule is COC1=CC2=CC[C@@H]3[C@H](CC[C@]4(C)C(C5=NC(OCc6ccccc6)OC5)=CC[C@@H]34)[C@@]2(C)CC1. The van der Waals surface area contributed by atoms with Crippen LogP contribution in [-0.4, -0.2) is 25.8 Å². The number of ether oxygens (including phenoxy) is 3. The molecule has 4 heteroatoms. The summed E-state index contributed by atoms with van der Waals surface area (Å²) >= 11 is 0. The van der Waals surface area contributed by atoms with Gasteiger partial charge in [0.25, 0.3) is 6.41 Å². The average Bonchev–Trinajstić information content (AvgIpc) is 3.46. The molecule has 1 aliphatic heterocycles. The highest BCUT2D eigenvalue weighted by molar-refractivity contribution is 6.03. The smallest absolute Gasteiger partial charge is 0.259 e. The van der Waals surface area contributed by atoms with Gasteiger partial charge in [-0.2, -0.15) is 0 Å². The van der Waals surface area contributed by atoms with Gasteiger partial charge in [-0.15, -0.1) is 0 Å². The van der Waals surface area contributed by atoms with Gasteiger partial charge in [0.05, 0.1) is 31.8 Å². The Bertz CT molecular complexity index is 1070. The molecule has 5 aliphatic rings. The van der Waals surface area contributed by atoms with Crippen molar-refractivity contribution in [3.8, 4) is 0 Å². The van der Waals surface area contributed by atoms with Crippen LogP contribution in [0.1, 0.15) is 57.9 Å². The highest BCUT2D eigenvalue weighted by Gasteiger charge is 2.57. The Hall–Kier alpha value is -2.17. The largest absolute Gasteiger partial charge is 0.501 e. The van der Waals surface area contributed by atoms with Crippen LogP contribution in [0.5, 0.6) is 0 Å². The number of fused-ring (bicyclic) bond motifs is 5. The predicted octanol–water partition coefficient (Wildman–Crippen LogP) is 6.60. The zero-order chi connectivity index (χ0) is 23.3. The van der Waals surface area contributed by atoms with Crippen LogP contribution in [-0.2, 0) is 20.8 Å². The Morgan fingerprint density at radius 2 is 1.88 bits per heavy atom. The summed E-state index contributed by atoms with van der Waals surface area (Å²) in [7, 11) is 1.81. The normalized spacial score (nSPS) is 38.7. The number of hydrogen-bond donors (Lipinski definition) is 0. The van der Waals surface area contributed by atoms with E-state index >= 15 is 0 Å². The number of rotatable bonds is 5. The third-order valence-corrected chi connectivity index (χ3v) is 9.75. The lowest BCUT2D eigenvalue weighted by molar-refractivity contribution is -0.121.